The number of nitriles is 1. The molecule has 0 radical (unpaired) electrons. The summed E-state index contributed by atoms with van der Waals surface area (Å²) in [5, 5.41) is 15.3. The van der Waals surface area contributed by atoms with Crippen LogP contribution in [0.4, 0.5) is 0 Å². The van der Waals surface area contributed by atoms with Crippen LogP contribution in [0.1, 0.15) is 17.4 Å². The molecule has 0 saturated heterocycles. The molecule has 0 bridgehead atoms. The van der Waals surface area contributed by atoms with Crippen molar-refractivity contribution in [2.75, 3.05) is 0 Å². The van der Waals surface area contributed by atoms with Crippen LogP contribution in [-0.2, 0) is 4.74 Å². The molecule has 3 rings (SSSR count). The lowest BCUT2D eigenvalue weighted by molar-refractivity contribution is 0.0424. The van der Waals surface area contributed by atoms with Crippen molar-refractivity contribution in [2.24, 2.45) is 0 Å². The molecule has 0 N–H and O–H groups in total. The summed E-state index contributed by atoms with van der Waals surface area (Å²) in [5.41, 5.74) is 1.74. The van der Waals surface area contributed by atoms with Crippen molar-refractivity contribution in [3.8, 4) is 22.3 Å². The fourth-order valence-electron chi connectivity index (χ4n) is 2.08. The van der Waals surface area contributed by atoms with E-state index in [4.69, 9.17) is 10.00 Å². The Morgan fingerprint density at radius 3 is 2.74 bits per heavy atom. The standard InChI is InChI=1S/C17H13N3O2S/c1-12(11-18)22-17(21)15-10-14(16-8-5-9-23-16)19-20(15)13-6-3-2-4-7-13/h2-10,12H,1H3/t12-/m0/s1. The van der Waals surface area contributed by atoms with Gasteiger partial charge in [-0.3, -0.25) is 0 Å². The number of ether oxygens (including phenoxy) is 1. The number of aromatic nitrogens is 2. The van der Waals surface area contributed by atoms with Gasteiger partial charge in [-0.05, 0) is 30.5 Å². The summed E-state index contributed by atoms with van der Waals surface area (Å²) in [6.45, 7) is 1.53. The van der Waals surface area contributed by atoms with E-state index in [1.54, 1.807) is 22.1 Å². The third-order valence-electron chi connectivity index (χ3n) is 3.16. The molecule has 114 valence electrons. The minimum atomic E-state index is -0.813. The minimum Gasteiger partial charge on any atom is -0.443 e. The van der Waals surface area contributed by atoms with Crippen molar-refractivity contribution >= 4 is 17.3 Å². The van der Waals surface area contributed by atoms with Crippen LogP contribution >= 0.6 is 11.3 Å². The lowest BCUT2D eigenvalue weighted by Crippen LogP contribution is -2.16. The zero-order chi connectivity index (χ0) is 16.2. The number of nitrogens with zero attached hydrogens (tertiary/aromatic N) is 3. The molecule has 0 amide bonds. The molecule has 3 aromatic rings. The Hall–Kier alpha value is -2.91. The van der Waals surface area contributed by atoms with Crippen LogP contribution in [0.25, 0.3) is 16.3 Å². The highest BCUT2D eigenvalue weighted by molar-refractivity contribution is 7.13. The van der Waals surface area contributed by atoms with Gasteiger partial charge in [-0.2, -0.15) is 10.4 Å². The van der Waals surface area contributed by atoms with Crippen LogP contribution in [0, 0.1) is 11.3 Å². The van der Waals surface area contributed by atoms with Gasteiger partial charge in [0.05, 0.1) is 10.6 Å². The molecule has 6 heteroatoms. The highest BCUT2D eigenvalue weighted by Gasteiger charge is 2.20. The number of benzene rings is 1. The van der Waals surface area contributed by atoms with E-state index in [0.717, 1.165) is 10.6 Å². The smallest absolute Gasteiger partial charge is 0.358 e. The molecule has 2 aromatic heterocycles. The summed E-state index contributed by atoms with van der Waals surface area (Å²) in [7, 11) is 0. The van der Waals surface area contributed by atoms with Gasteiger partial charge in [-0.25, -0.2) is 9.48 Å². The fraction of sp³-hybridized carbons (Fsp3) is 0.118. The molecule has 0 fully saturated rings. The SMILES string of the molecule is C[C@@H](C#N)OC(=O)c1cc(-c2cccs2)nn1-c1ccccc1. The maximum Gasteiger partial charge on any atom is 0.358 e. The molecule has 2 heterocycles. The molecule has 0 aliphatic carbocycles. The first-order valence-corrected chi connectivity index (χ1v) is 7.87. The van der Waals surface area contributed by atoms with Crippen molar-refractivity contribution < 1.29 is 9.53 Å². The van der Waals surface area contributed by atoms with Gasteiger partial charge in [0.1, 0.15) is 11.8 Å². The van der Waals surface area contributed by atoms with E-state index in [0.29, 0.717) is 11.4 Å². The lowest BCUT2D eigenvalue weighted by Gasteiger charge is -2.08. The van der Waals surface area contributed by atoms with Crippen molar-refractivity contribution in [3.63, 3.8) is 0 Å². The van der Waals surface area contributed by atoms with Crippen molar-refractivity contribution in [1.29, 1.82) is 5.26 Å². The molecule has 0 aliphatic heterocycles. The molecular formula is C17H13N3O2S. The van der Waals surface area contributed by atoms with E-state index in [-0.39, 0.29) is 0 Å². The van der Waals surface area contributed by atoms with E-state index < -0.39 is 12.1 Å². The summed E-state index contributed by atoms with van der Waals surface area (Å²) in [6, 6.07) is 16.8. The average molecular weight is 323 g/mol. The predicted molar refractivity (Wildman–Crippen MR) is 87.4 cm³/mol. The van der Waals surface area contributed by atoms with Gasteiger partial charge in [0.2, 0.25) is 0 Å². The second-order valence-corrected chi connectivity index (χ2v) is 5.76. The van der Waals surface area contributed by atoms with Crippen molar-refractivity contribution in [2.45, 2.75) is 13.0 Å². The van der Waals surface area contributed by atoms with E-state index in [9.17, 15) is 4.79 Å². The average Bonchev–Trinajstić information content (AvgIpc) is 3.24. The van der Waals surface area contributed by atoms with Crippen LogP contribution in [0.3, 0.4) is 0 Å². The molecule has 0 aliphatic rings. The Labute approximate surface area is 137 Å². The van der Waals surface area contributed by atoms with Crippen molar-refractivity contribution in [1.82, 2.24) is 9.78 Å². The first-order valence-electron chi connectivity index (χ1n) is 6.99. The predicted octanol–water partition coefficient (Wildman–Crippen LogP) is 3.67. The van der Waals surface area contributed by atoms with Crippen molar-refractivity contribution in [3.05, 3.63) is 59.6 Å². The number of hydrogen-bond acceptors (Lipinski definition) is 5. The Morgan fingerprint density at radius 1 is 1.30 bits per heavy atom. The Morgan fingerprint density at radius 2 is 2.09 bits per heavy atom. The van der Waals surface area contributed by atoms with E-state index >= 15 is 0 Å². The monoisotopic (exact) mass is 323 g/mol. The zero-order valence-electron chi connectivity index (χ0n) is 12.3. The highest BCUT2D eigenvalue weighted by atomic mass is 32.1. The normalized spacial score (nSPS) is 11.7. The van der Waals surface area contributed by atoms with Crippen LogP contribution in [0.5, 0.6) is 0 Å². The summed E-state index contributed by atoms with van der Waals surface area (Å²) in [4.78, 5) is 13.3. The molecule has 0 saturated carbocycles. The molecule has 0 spiro atoms. The van der Waals surface area contributed by atoms with E-state index in [2.05, 4.69) is 5.10 Å². The number of carbonyl (C=O) groups excluding carboxylic acids is 1. The zero-order valence-corrected chi connectivity index (χ0v) is 13.2. The van der Waals surface area contributed by atoms with Gasteiger partial charge in [-0.1, -0.05) is 24.3 Å². The third kappa shape index (κ3) is 3.15. The van der Waals surface area contributed by atoms with Gasteiger partial charge in [0.15, 0.2) is 11.8 Å². The molecule has 23 heavy (non-hydrogen) atoms. The molecule has 5 nitrogen and oxygen atoms in total. The molecule has 0 unspecified atom stereocenters. The summed E-state index contributed by atoms with van der Waals surface area (Å²) in [6.07, 6.45) is -0.813. The van der Waals surface area contributed by atoms with Gasteiger partial charge in [0, 0.05) is 6.07 Å². The molecule has 1 aromatic carbocycles. The van der Waals surface area contributed by atoms with Crippen LogP contribution in [0.2, 0.25) is 0 Å². The number of rotatable bonds is 4. The summed E-state index contributed by atoms with van der Waals surface area (Å²) < 4.78 is 6.66. The summed E-state index contributed by atoms with van der Waals surface area (Å²) in [5.74, 6) is -0.571. The lowest BCUT2D eigenvalue weighted by atomic mass is 10.3. The largest absolute Gasteiger partial charge is 0.443 e. The second kappa shape index (κ2) is 6.46. The fourth-order valence-corrected chi connectivity index (χ4v) is 2.77. The maximum absolute atomic E-state index is 12.4. The van der Waals surface area contributed by atoms with Crippen LogP contribution < -0.4 is 0 Å². The quantitative estimate of drug-likeness (QED) is 0.687. The maximum atomic E-state index is 12.4. The summed E-state index contributed by atoms with van der Waals surface area (Å²) >= 11 is 1.54. The third-order valence-corrected chi connectivity index (χ3v) is 4.05. The minimum absolute atomic E-state index is 0.293. The Kier molecular flexibility index (Phi) is 4.22. The van der Waals surface area contributed by atoms with Gasteiger partial charge in [0.25, 0.3) is 0 Å². The second-order valence-electron chi connectivity index (χ2n) is 4.82. The molecular weight excluding hydrogens is 310 g/mol. The number of para-hydroxylation sites is 1. The number of carbonyl (C=O) groups is 1. The van der Waals surface area contributed by atoms with Crippen LogP contribution in [-0.4, -0.2) is 21.9 Å². The van der Waals surface area contributed by atoms with Crippen LogP contribution in [0.15, 0.2) is 53.9 Å². The van der Waals surface area contributed by atoms with Gasteiger partial charge in [-0.15, -0.1) is 11.3 Å². The molecule has 1 atom stereocenters. The van der Waals surface area contributed by atoms with Gasteiger partial charge < -0.3 is 4.74 Å². The number of hydrogen-bond donors (Lipinski definition) is 0. The highest BCUT2D eigenvalue weighted by Crippen LogP contribution is 2.26. The number of esters is 1. The van der Waals surface area contributed by atoms with Gasteiger partial charge >= 0.3 is 5.97 Å². The van der Waals surface area contributed by atoms with E-state index in [1.807, 2.05) is 53.9 Å². The first kappa shape index (κ1) is 15.0. The Balaban J connectivity index is 2.06. The number of thiophene rings is 1. The first-order chi connectivity index (χ1) is 11.2. The van der Waals surface area contributed by atoms with E-state index in [1.165, 1.54) is 6.92 Å². The Bertz CT molecular complexity index is 848. The topological polar surface area (TPSA) is 67.9 Å².